The molecule has 0 unspecified atom stereocenters. The van der Waals surface area contributed by atoms with E-state index in [0.717, 1.165) is 6.54 Å². The van der Waals surface area contributed by atoms with Crippen LogP contribution in [0.15, 0.2) is 12.2 Å². The molecule has 0 saturated heterocycles. The van der Waals surface area contributed by atoms with Gasteiger partial charge >= 0.3 is 5.97 Å². The van der Waals surface area contributed by atoms with E-state index in [-0.39, 0.29) is 5.97 Å². The zero-order chi connectivity index (χ0) is 13.4. The van der Waals surface area contributed by atoms with Gasteiger partial charge in [-0.1, -0.05) is 34.3 Å². The Morgan fingerprint density at radius 2 is 1.76 bits per heavy atom. The van der Waals surface area contributed by atoms with Crippen LogP contribution >= 0.6 is 0 Å². The third-order valence-corrected chi connectivity index (χ3v) is 3.00. The van der Waals surface area contributed by atoms with Crippen LogP contribution in [0.3, 0.4) is 0 Å². The van der Waals surface area contributed by atoms with Crippen molar-refractivity contribution >= 4 is 5.97 Å². The number of hydrogen-bond donors (Lipinski definition) is 1. The van der Waals surface area contributed by atoms with Crippen LogP contribution in [0.5, 0.6) is 0 Å². The van der Waals surface area contributed by atoms with Gasteiger partial charge in [-0.3, -0.25) is 0 Å². The predicted molar refractivity (Wildman–Crippen MR) is 71.8 cm³/mol. The lowest BCUT2D eigenvalue weighted by Crippen LogP contribution is -2.32. The Morgan fingerprint density at radius 3 is 2.18 bits per heavy atom. The molecule has 0 fully saturated rings. The van der Waals surface area contributed by atoms with E-state index < -0.39 is 0 Å². The maximum Gasteiger partial charge on any atom is 0.334 e. The van der Waals surface area contributed by atoms with Crippen LogP contribution in [-0.2, 0) is 9.53 Å². The molecule has 0 aliphatic heterocycles. The van der Waals surface area contributed by atoms with Gasteiger partial charge in [0, 0.05) is 12.1 Å². The molecule has 0 aliphatic rings. The van der Waals surface area contributed by atoms with Gasteiger partial charge in [-0.15, -0.1) is 0 Å². The van der Waals surface area contributed by atoms with Crippen molar-refractivity contribution in [2.45, 2.75) is 34.6 Å². The monoisotopic (exact) mass is 241 g/mol. The van der Waals surface area contributed by atoms with Crippen LogP contribution < -0.4 is 5.32 Å². The highest BCUT2D eigenvalue weighted by Gasteiger charge is 2.17. The fraction of sp³-hybridized carbons (Fsp3) is 0.786. The highest BCUT2D eigenvalue weighted by Crippen LogP contribution is 2.19. The third-order valence-electron chi connectivity index (χ3n) is 3.00. The van der Waals surface area contributed by atoms with E-state index in [9.17, 15) is 4.79 Å². The highest BCUT2D eigenvalue weighted by atomic mass is 16.5. The third kappa shape index (κ3) is 6.47. The summed E-state index contributed by atoms with van der Waals surface area (Å²) in [7, 11) is 0. The Morgan fingerprint density at radius 1 is 1.24 bits per heavy atom. The number of carbonyl (C=O) groups is 1. The van der Waals surface area contributed by atoms with Gasteiger partial charge < -0.3 is 10.1 Å². The summed E-state index contributed by atoms with van der Waals surface area (Å²) in [5, 5.41) is 3.29. The van der Waals surface area contributed by atoms with Gasteiger partial charge in [0.1, 0.15) is 0 Å². The summed E-state index contributed by atoms with van der Waals surface area (Å²) in [5.41, 5.74) is 0.498. The summed E-state index contributed by atoms with van der Waals surface area (Å²) in [5.74, 6) is 1.59. The Balaban J connectivity index is 3.96. The van der Waals surface area contributed by atoms with Gasteiger partial charge in [-0.25, -0.2) is 4.79 Å². The summed E-state index contributed by atoms with van der Waals surface area (Å²) < 4.78 is 4.88. The van der Waals surface area contributed by atoms with Crippen molar-refractivity contribution < 1.29 is 9.53 Å². The Hall–Kier alpha value is -0.830. The summed E-state index contributed by atoms with van der Waals surface area (Å²) in [6.45, 7) is 16.3. The standard InChI is InChI=1S/C14H27NO2/c1-7-17-14(16)12(6)8-15-9-13(10(2)3)11(4)5/h10-11,13,15H,6-9H2,1-5H3. The van der Waals surface area contributed by atoms with Crippen LogP contribution in [0.4, 0.5) is 0 Å². The van der Waals surface area contributed by atoms with Crippen molar-refractivity contribution in [3.05, 3.63) is 12.2 Å². The number of rotatable bonds is 8. The normalized spacial score (nSPS) is 11.3. The molecular weight excluding hydrogens is 214 g/mol. The van der Waals surface area contributed by atoms with Crippen LogP contribution in [-0.4, -0.2) is 25.7 Å². The first-order valence-electron chi connectivity index (χ1n) is 6.45. The zero-order valence-corrected chi connectivity index (χ0v) is 11.9. The molecule has 0 rings (SSSR count). The zero-order valence-electron chi connectivity index (χ0n) is 11.9. The molecule has 0 aromatic carbocycles. The van der Waals surface area contributed by atoms with Gasteiger partial charge in [-0.05, 0) is 31.2 Å². The Labute approximate surface area is 106 Å². The van der Waals surface area contributed by atoms with Crippen molar-refractivity contribution in [2.75, 3.05) is 19.7 Å². The van der Waals surface area contributed by atoms with Gasteiger partial charge in [-0.2, -0.15) is 0 Å². The van der Waals surface area contributed by atoms with E-state index in [1.54, 1.807) is 6.92 Å². The minimum atomic E-state index is -0.300. The molecule has 0 heterocycles. The van der Waals surface area contributed by atoms with Crippen molar-refractivity contribution in [1.29, 1.82) is 0 Å². The molecule has 0 aromatic heterocycles. The minimum Gasteiger partial charge on any atom is -0.463 e. The van der Waals surface area contributed by atoms with Crippen LogP contribution in [0.25, 0.3) is 0 Å². The molecular formula is C14H27NO2. The lowest BCUT2D eigenvalue weighted by molar-refractivity contribution is -0.138. The second-order valence-electron chi connectivity index (χ2n) is 5.11. The topological polar surface area (TPSA) is 38.3 Å². The van der Waals surface area contributed by atoms with E-state index in [1.807, 2.05) is 0 Å². The molecule has 0 radical (unpaired) electrons. The average Bonchev–Trinajstić information content (AvgIpc) is 2.23. The first-order valence-corrected chi connectivity index (χ1v) is 6.45. The summed E-state index contributed by atoms with van der Waals surface area (Å²) in [6.07, 6.45) is 0. The molecule has 3 nitrogen and oxygen atoms in total. The minimum absolute atomic E-state index is 0.300. The fourth-order valence-corrected chi connectivity index (χ4v) is 1.94. The van der Waals surface area contributed by atoms with E-state index in [4.69, 9.17) is 4.74 Å². The van der Waals surface area contributed by atoms with E-state index >= 15 is 0 Å². The molecule has 17 heavy (non-hydrogen) atoms. The molecule has 0 saturated carbocycles. The number of esters is 1. The van der Waals surface area contributed by atoms with Crippen molar-refractivity contribution in [3.8, 4) is 0 Å². The quantitative estimate of drug-likeness (QED) is 0.524. The molecule has 0 bridgehead atoms. The second-order valence-corrected chi connectivity index (χ2v) is 5.11. The first-order chi connectivity index (χ1) is 7.90. The Bertz CT molecular complexity index is 239. The number of ether oxygens (including phenoxy) is 1. The molecule has 0 amide bonds. The summed E-state index contributed by atoms with van der Waals surface area (Å²) in [6, 6.07) is 0. The van der Waals surface area contributed by atoms with Crippen LogP contribution in [0.1, 0.15) is 34.6 Å². The largest absolute Gasteiger partial charge is 0.463 e. The van der Waals surface area contributed by atoms with Crippen molar-refractivity contribution in [3.63, 3.8) is 0 Å². The van der Waals surface area contributed by atoms with Gasteiger partial charge in [0.15, 0.2) is 0 Å². The maximum absolute atomic E-state index is 11.3. The summed E-state index contributed by atoms with van der Waals surface area (Å²) in [4.78, 5) is 11.3. The first kappa shape index (κ1) is 16.2. The number of nitrogens with one attached hydrogen (secondary N) is 1. The fourth-order valence-electron chi connectivity index (χ4n) is 1.94. The number of hydrogen-bond acceptors (Lipinski definition) is 3. The Kier molecular flexibility index (Phi) is 7.88. The number of carbonyl (C=O) groups excluding carboxylic acids is 1. The highest BCUT2D eigenvalue weighted by molar-refractivity contribution is 5.88. The van der Waals surface area contributed by atoms with Crippen molar-refractivity contribution in [2.24, 2.45) is 17.8 Å². The van der Waals surface area contributed by atoms with E-state index in [0.29, 0.717) is 36.5 Å². The van der Waals surface area contributed by atoms with Gasteiger partial charge in [0.25, 0.3) is 0 Å². The molecule has 0 atom stereocenters. The molecule has 100 valence electrons. The molecule has 1 N–H and O–H groups in total. The smallest absolute Gasteiger partial charge is 0.334 e. The SMILES string of the molecule is C=C(CNCC(C(C)C)C(C)C)C(=O)OCC. The average molecular weight is 241 g/mol. The van der Waals surface area contributed by atoms with E-state index in [1.165, 1.54) is 0 Å². The van der Waals surface area contributed by atoms with Crippen molar-refractivity contribution in [1.82, 2.24) is 5.32 Å². The predicted octanol–water partition coefficient (Wildman–Crippen LogP) is 2.62. The van der Waals surface area contributed by atoms with Gasteiger partial charge in [0.2, 0.25) is 0 Å². The second kappa shape index (κ2) is 8.29. The lowest BCUT2D eigenvalue weighted by Gasteiger charge is -2.25. The molecule has 0 spiro atoms. The van der Waals surface area contributed by atoms with E-state index in [2.05, 4.69) is 39.6 Å². The van der Waals surface area contributed by atoms with Gasteiger partial charge in [0.05, 0.1) is 6.61 Å². The summed E-state index contributed by atoms with van der Waals surface area (Å²) >= 11 is 0. The van der Waals surface area contributed by atoms with Crippen LogP contribution in [0.2, 0.25) is 0 Å². The molecule has 0 aliphatic carbocycles. The van der Waals surface area contributed by atoms with Crippen LogP contribution in [0, 0.1) is 17.8 Å². The molecule has 0 aromatic rings. The molecule has 3 heteroatoms. The maximum atomic E-state index is 11.3. The lowest BCUT2D eigenvalue weighted by atomic mass is 9.85.